The first-order valence-electron chi connectivity index (χ1n) is 9.59. The van der Waals surface area contributed by atoms with E-state index in [-0.39, 0.29) is 23.0 Å². The summed E-state index contributed by atoms with van der Waals surface area (Å²) in [4.78, 5) is 14.0. The zero-order valence-corrected chi connectivity index (χ0v) is 17.4. The van der Waals surface area contributed by atoms with Crippen molar-refractivity contribution >= 4 is 27.3 Å². The number of halogens is 1. The molecular weight excluding hydrogens is 396 g/mol. The van der Waals surface area contributed by atoms with Crippen molar-refractivity contribution in [2.24, 2.45) is 0 Å². The van der Waals surface area contributed by atoms with Gasteiger partial charge in [0.1, 0.15) is 6.54 Å². The van der Waals surface area contributed by atoms with E-state index in [0.717, 1.165) is 12.1 Å². The van der Waals surface area contributed by atoms with E-state index >= 15 is 0 Å². The van der Waals surface area contributed by atoms with Gasteiger partial charge in [-0.25, -0.2) is 8.42 Å². The molecule has 2 aromatic carbocycles. The molecule has 0 aliphatic carbocycles. The third-order valence-corrected chi connectivity index (χ3v) is 7.10. The fourth-order valence-electron chi connectivity index (χ4n) is 3.49. The molecule has 0 radical (unpaired) electrons. The lowest BCUT2D eigenvalue weighted by molar-refractivity contribution is -0.901. The predicted molar refractivity (Wildman–Crippen MR) is 110 cm³/mol. The number of nitrogens with one attached hydrogen (secondary N) is 2. The fourth-order valence-corrected chi connectivity index (χ4v) is 4.86. The summed E-state index contributed by atoms with van der Waals surface area (Å²) in [5, 5.41) is 3.34. The van der Waals surface area contributed by atoms with E-state index in [1.165, 1.54) is 55.8 Å². The molecule has 1 heterocycles. The third kappa shape index (κ3) is 5.80. The lowest BCUT2D eigenvalue weighted by Gasteiger charge is -2.15. The van der Waals surface area contributed by atoms with E-state index in [9.17, 15) is 13.2 Å². The number of hydrogen-bond acceptors (Lipinski definition) is 3. The van der Waals surface area contributed by atoms with Gasteiger partial charge in [-0.1, -0.05) is 35.9 Å². The minimum atomic E-state index is -3.50. The molecule has 0 spiro atoms. The Morgan fingerprint density at radius 3 is 2.32 bits per heavy atom. The number of hydrogen-bond donors (Lipinski definition) is 2. The number of quaternary nitrogens is 1. The second kappa shape index (κ2) is 9.54. The van der Waals surface area contributed by atoms with Crippen LogP contribution in [0.15, 0.2) is 53.4 Å². The van der Waals surface area contributed by atoms with E-state index in [4.69, 9.17) is 11.6 Å². The summed E-state index contributed by atoms with van der Waals surface area (Å²) in [6.07, 6.45) is 2.48. The standard InChI is InChI=1S/C21H25ClN2O3S/c22-19-7-9-20(10-8-19)28(26,27)14-11-21(25)23-15-17-5-1-2-6-18(17)16-24-12-3-4-13-24/h1-2,5-10H,3-4,11-16H2,(H,23,25)/p+1. The Hall–Kier alpha value is -1.89. The van der Waals surface area contributed by atoms with Crippen LogP contribution in [-0.4, -0.2) is 33.2 Å². The van der Waals surface area contributed by atoms with Gasteiger partial charge in [0.2, 0.25) is 5.91 Å². The van der Waals surface area contributed by atoms with E-state index in [0.29, 0.717) is 11.6 Å². The molecule has 0 atom stereocenters. The summed E-state index contributed by atoms with van der Waals surface area (Å²) in [5.41, 5.74) is 2.34. The van der Waals surface area contributed by atoms with Crippen LogP contribution >= 0.6 is 11.6 Å². The zero-order valence-electron chi connectivity index (χ0n) is 15.8. The van der Waals surface area contributed by atoms with Gasteiger partial charge in [-0.15, -0.1) is 0 Å². The van der Waals surface area contributed by atoms with Crippen LogP contribution in [0.25, 0.3) is 0 Å². The summed E-state index contributed by atoms with van der Waals surface area (Å²) in [5.74, 6) is -0.485. The number of sulfone groups is 1. The molecule has 0 bridgehead atoms. The van der Waals surface area contributed by atoms with Gasteiger partial charge in [0, 0.05) is 36.4 Å². The van der Waals surface area contributed by atoms with E-state index < -0.39 is 9.84 Å². The minimum Gasteiger partial charge on any atom is -0.352 e. The predicted octanol–water partition coefficient (Wildman–Crippen LogP) is 2.00. The quantitative estimate of drug-likeness (QED) is 0.685. The molecular formula is C21H26ClN2O3S+. The summed E-state index contributed by atoms with van der Waals surface area (Å²) in [6.45, 7) is 3.78. The van der Waals surface area contributed by atoms with Crippen LogP contribution in [0.4, 0.5) is 0 Å². The van der Waals surface area contributed by atoms with Crippen molar-refractivity contribution in [1.29, 1.82) is 0 Å². The van der Waals surface area contributed by atoms with Crippen molar-refractivity contribution in [3.8, 4) is 0 Å². The van der Waals surface area contributed by atoms with Gasteiger partial charge in [0.25, 0.3) is 0 Å². The molecule has 28 heavy (non-hydrogen) atoms. The van der Waals surface area contributed by atoms with E-state index in [2.05, 4.69) is 11.4 Å². The van der Waals surface area contributed by atoms with Gasteiger partial charge in [0.15, 0.2) is 9.84 Å². The normalized spacial score (nSPS) is 14.9. The highest BCUT2D eigenvalue weighted by Gasteiger charge is 2.18. The maximum absolute atomic E-state index is 12.3. The fraction of sp³-hybridized carbons (Fsp3) is 0.381. The monoisotopic (exact) mass is 421 g/mol. The second-order valence-corrected chi connectivity index (χ2v) is 9.75. The molecule has 2 aromatic rings. The summed E-state index contributed by atoms with van der Waals surface area (Å²) < 4.78 is 24.7. The highest BCUT2D eigenvalue weighted by atomic mass is 35.5. The molecule has 0 aromatic heterocycles. The molecule has 7 heteroatoms. The molecule has 1 aliphatic rings. The van der Waals surface area contributed by atoms with Crippen molar-refractivity contribution in [3.63, 3.8) is 0 Å². The van der Waals surface area contributed by atoms with Crippen LogP contribution in [0.2, 0.25) is 5.02 Å². The highest BCUT2D eigenvalue weighted by molar-refractivity contribution is 7.91. The van der Waals surface area contributed by atoms with E-state index in [1.807, 2.05) is 18.2 Å². The lowest BCUT2D eigenvalue weighted by atomic mass is 10.1. The minimum absolute atomic E-state index is 0.0650. The average molecular weight is 422 g/mol. The molecule has 2 N–H and O–H groups in total. The Kier molecular flexibility index (Phi) is 7.10. The number of amides is 1. The first-order chi connectivity index (χ1) is 13.4. The average Bonchev–Trinajstić information content (AvgIpc) is 3.19. The number of benzene rings is 2. The van der Waals surface area contributed by atoms with Crippen molar-refractivity contribution in [2.75, 3.05) is 18.8 Å². The topological polar surface area (TPSA) is 67.7 Å². The van der Waals surface area contributed by atoms with Gasteiger partial charge in [-0.05, 0) is 29.8 Å². The van der Waals surface area contributed by atoms with Gasteiger partial charge < -0.3 is 10.2 Å². The Balaban J connectivity index is 1.52. The smallest absolute Gasteiger partial charge is 0.221 e. The zero-order chi connectivity index (χ0) is 20.0. The van der Waals surface area contributed by atoms with Crippen LogP contribution in [0.1, 0.15) is 30.4 Å². The highest BCUT2D eigenvalue weighted by Crippen LogP contribution is 2.16. The Morgan fingerprint density at radius 2 is 1.64 bits per heavy atom. The van der Waals surface area contributed by atoms with Crippen LogP contribution in [0.5, 0.6) is 0 Å². The van der Waals surface area contributed by atoms with Gasteiger partial charge in [0.05, 0.1) is 23.7 Å². The summed E-state index contributed by atoms with van der Waals surface area (Å²) in [6, 6.07) is 14.1. The molecule has 1 saturated heterocycles. The van der Waals surface area contributed by atoms with Gasteiger partial charge in [-0.2, -0.15) is 0 Å². The van der Waals surface area contributed by atoms with Crippen molar-refractivity contribution in [3.05, 3.63) is 64.7 Å². The van der Waals surface area contributed by atoms with Crippen molar-refractivity contribution < 1.29 is 18.1 Å². The SMILES string of the molecule is O=C(CCS(=O)(=O)c1ccc(Cl)cc1)NCc1ccccc1C[NH+]1CCCC1. The molecule has 5 nitrogen and oxygen atoms in total. The van der Waals surface area contributed by atoms with Gasteiger partial charge in [-0.3, -0.25) is 4.79 Å². The first-order valence-corrected chi connectivity index (χ1v) is 11.6. The Bertz CT molecular complexity index is 908. The van der Waals surface area contributed by atoms with E-state index in [1.54, 1.807) is 4.90 Å². The molecule has 150 valence electrons. The molecule has 1 amide bonds. The number of rotatable bonds is 8. The molecule has 1 aliphatic heterocycles. The molecule has 0 unspecified atom stereocenters. The maximum atomic E-state index is 12.3. The van der Waals surface area contributed by atoms with Crippen LogP contribution in [-0.2, 0) is 27.7 Å². The number of carbonyl (C=O) groups is 1. The van der Waals surface area contributed by atoms with Crippen LogP contribution < -0.4 is 10.2 Å². The largest absolute Gasteiger partial charge is 0.352 e. The van der Waals surface area contributed by atoms with Crippen LogP contribution in [0, 0.1) is 0 Å². The number of carbonyl (C=O) groups excluding carboxylic acids is 1. The second-order valence-electron chi connectivity index (χ2n) is 7.20. The van der Waals surface area contributed by atoms with Crippen LogP contribution in [0.3, 0.4) is 0 Å². The number of likely N-dealkylation sites (tertiary alicyclic amines) is 1. The maximum Gasteiger partial charge on any atom is 0.221 e. The molecule has 0 saturated carbocycles. The van der Waals surface area contributed by atoms with Crippen molar-refractivity contribution in [1.82, 2.24) is 5.32 Å². The summed E-state index contributed by atoms with van der Waals surface area (Å²) in [7, 11) is -3.50. The summed E-state index contributed by atoms with van der Waals surface area (Å²) >= 11 is 5.79. The molecule has 3 rings (SSSR count). The van der Waals surface area contributed by atoms with Crippen molar-refractivity contribution in [2.45, 2.75) is 37.2 Å². The first kappa shape index (κ1) is 20.8. The Labute approximate surface area is 171 Å². The Morgan fingerprint density at radius 1 is 1.00 bits per heavy atom. The third-order valence-electron chi connectivity index (χ3n) is 5.12. The van der Waals surface area contributed by atoms with Gasteiger partial charge >= 0.3 is 0 Å². The molecule has 1 fully saturated rings. The lowest BCUT2D eigenvalue weighted by Crippen LogP contribution is -3.08.